The maximum Gasteiger partial charge on any atom is 0.384 e. The summed E-state index contributed by atoms with van der Waals surface area (Å²) < 4.78 is 5.02. The summed E-state index contributed by atoms with van der Waals surface area (Å²) in [4.78, 5) is 52.4. The van der Waals surface area contributed by atoms with Crippen molar-refractivity contribution in [3.8, 4) is 17.6 Å². The number of Topliss-reactive ketones (excluding diaryl/α,β-unsaturated/α-hetero) is 2. The molecule has 0 radical (unpaired) electrons. The Morgan fingerprint density at radius 2 is 1.90 bits per heavy atom. The monoisotopic (exact) mass is 538 g/mol. The highest BCUT2D eigenvalue weighted by atomic mass is 16.5. The molecule has 3 aliphatic carbocycles. The van der Waals surface area contributed by atoms with Crippen LogP contribution in [0.3, 0.4) is 0 Å². The molecule has 0 fully saturated rings. The quantitative estimate of drug-likeness (QED) is 0.158. The number of ether oxygens (including phenoxy) is 1. The third kappa shape index (κ3) is 4.40. The lowest BCUT2D eigenvalue weighted by Gasteiger charge is -2.45. The van der Waals surface area contributed by atoms with E-state index in [1.165, 1.54) is 0 Å². The smallest absolute Gasteiger partial charge is 0.384 e. The van der Waals surface area contributed by atoms with E-state index >= 15 is 0 Å². The van der Waals surface area contributed by atoms with Crippen molar-refractivity contribution in [2.24, 2.45) is 17.6 Å². The number of amides is 1. The van der Waals surface area contributed by atoms with Gasteiger partial charge in [0.2, 0.25) is 5.78 Å². The van der Waals surface area contributed by atoms with Crippen molar-refractivity contribution in [2.45, 2.75) is 44.6 Å². The van der Waals surface area contributed by atoms with Crippen molar-refractivity contribution in [3.63, 3.8) is 0 Å². The molecule has 0 spiro atoms. The van der Waals surface area contributed by atoms with Crippen molar-refractivity contribution in [1.29, 1.82) is 0 Å². The number of hydrogen-bond donors (Lipinski definition) is 5. The maximum absolute atomic E-state index is 13.8. The molecule has 4 rings (SSSR count). The molecule has 39 heavy (non-hydrogen) atoms. The molecular weight excluding hydrogens is 508 g/mol. The van der Waals surface area contributed by atoms with E-state index in [4.69, 9.17) is 10.5 Å². The lowest BCUT2D eigenvalue weighted by molar-refractivity contribution is -0.144. The summed E-state index contributed by atoms with van der Waals surface area (Å²) in [5.74, 6) is -3.03. The standard InChI is InChI=1S/C28H30N2O9/c1-4-5-8-39-19(32)7-6-13-11-17(30(2)3)16-10-14-9-15-12-18(31)22(27(29)37)26(36)28(15,38)25(35)20(14)24(34)21(16)23(13)33/h11,14-15,31,33,35,38H,4-5,8-10,12H2,1-3H3,(H2,29,37)/t14-,15+,28+/m1/s1. The SMILES string of the molecule is CCCCOC(=O)C#Cc1cc(N(C)C)c2c(c1O)C(=O)C1=C(O)[C@]3(O)C(=O)C(C(N)=O)=C(O)C[C@@H]3C[C@@H]1C2. The molecule has 0 saturated carbocycles. The van der Waals surface area contributed by atoms with Gasteiger partial charge >= 0.3 is 5.97 Å². The van der Waals surface area contributed by atoms with Crippen LogP contribution in [-0.2, 0) is 25.5 Å². The van der Waals surface area contributed by atoms with E-state index in [0.29, 0.717) is 17.7 Å². The summed E-state index contributed by atoms with van der Waals surface area (Å²) in [5, 5.41) is 43.9. The summed E-state index contributed by atoms with van der Waals surface area (Å²) >= 11 is 0. The third-order valence-electron chi connectivity index (χ3n) is 7.55. The molecule has 11 heteroatoms. The zero-order chi connectivity index (χ0) is 28.8. The second kappa shape index (κ2) is 10.1. The van der Waals surface area contributed by atoms with Gasteiger partial charge < -0.3 is 35.8 Å². The molecule has 3 atom stereocenters. The predicted molar refractivity (Wildman–Crippen MR) is 138 cm³/mol. The van der Waals surface area contributed by atoms with E-state index in [2.05, 4.69) is 11.8 Å². The Hall–Kier alpha value is -4.30. The molecule has 0 saturated heterocycles. The van der Waals surface area contributed by atoms with Gasteiger partial charge in [-0.15, -0.1) is 0 Å². The highest BCUT2D eigenvalue weighted by Gasteiger charge is 2.59. The minimum Gasteiger partial charge on any atom is -0.511 e. The van der Waals surface area contributed by atoms with E-state index in [0.717, 1.165) is 6.42 Å². The number of aliphatic hydroxyl groups excluding tert-OH is 2. The van der Waals surface area contributed by atoms with Crippen molar-refractivity contribution in [2.75, 3.05) is 25.6 Å². The van der Waals surface area contributed by atoms with Crippen LogP contribution in [0.4, 0.5) is 5.69 Å². The van der Waals surface area contributed by atoms with Crippen molar-refractivity contribution >= 4 is 29.1 Å². The van der Waals surface area contributed by atoms with Gasteiger partial charge in [0.1, 0.15) is 22.8 Å². The number of aliphatic hydroxyl groups is 3. The Labute approximate surface area is 224 Å². The summed E-state index contributed by atoms with van der Waals surface area (Å²) in [6, 6.07) is 1.54. The number of esters is 1. The van der Waals surface area contributed by atoms with Crippen LogP contribution in [0, 0.1) is 23.7 Å². The number of carbonyl (C=O) groups is 4. The lowest BCUT2D eigenvalue weighted by Crippen LogP contribution is -2.57. The molecule has 0 bridgehead atoms. The highest BCUT2D eigenvalue weighted by Crippen LogP contribution is 2.52. The topological polar surface area (TPSA) is 188 Å². The minimum absolute atomic E-state index is 0.0261. The molecule has 0 unspecified atom stereocenters. The van der Waals surface area contributed by atoms with Crippen LogP contribution in [0.15, 0.2) is 28.7 Å². The van der Waals surface area contributed by atoms with Crippen LogP contribution < -0.4 is 10.6 Å². The van der Waals surface area contributed by atoms with Crippen LogP contribution in [0.2, 0.25) is 0 Å². The Morgan fingerprint density at radius 1 is 1.21 bits per heavy atom. The van der Waals surface area contributed by atoms with Crippen molar-refractivity contribution in [3.05, 3.63) is 45.4 Å². The number of nitrogens with zero attached hydrogens (tertiary/aromatic N) is 1. The normalized spacial score (nSPS) is 23.8. The number of carbonyl (C=O) groups excluding carboxylic acids is 4. The van der Waals surface area contributed by atoms with E-state index in [1.54, 1.807) is 25.1 Å². The first-order valence-electron chi connectivity index (χ1n) is 12.6. The molecule has 0 aromatic heterocycles. The number of rotatable bonds is 5. The number of ketones is 2. The van der Waals surface area contributed by atoms with Crippen LogP contribution >= 0.6 is 0 Å². The Bertz CT molecular complexity index is 1430. The van der Waals surface area contributed by atoms with Crippen molar-refractivity contribution in [1.82, 2.24) is 0 Å². The molecule has 1 aromatic rings. The first kappa shape index (κ1) is 27.7. The van der Waals surface area contributed by atoms with Gasteiger partial charge in [-0.3, -0.25) is 14.4 Å². The van der Waals surface area contributed by atoms with Gasteiger partial charge in [0.05, 0.1) is 17.7 Å². The minimum atomic E-state index is -2.64. The van der Waals surface area contributed by atoms with Crippen LogP contribution in [-0.4, -0.2) is 70.2 Å². The maximum atomic E-state index is 13.8. The predicted octanol–water partition coefficient (Wildman–Crippen LogP) is 1.34. The van der Waals surface area contributed by atoms with E-state index in [1.807, 2.05) is 6.92 Å². The summed E-state index contributed by atoms with van der Waals surface area (Å²) in [6.07, 6.45) is 1.38. The number of phenolic OH excluding ortho intramolecular Hbond substituents is 1. The van der Waals surface area contributed by atoms with Gasteiger partial charge in [-0.2, -0.15) is 0 Å². The zero-order valence-electron chi connectivity index (χ0n) is 21.8. The molecule has 11 nitrogen and oxygen atoms in total. The third-order valence-corrected chi connectivity index (χ3v) is 7.55. The molecule has 6 N–H and O–H groups in total. The second-order valence-corrected chi connectivity index (χ2v) is 10.2. The molecule has 3 aliphatic rings. The number of allylic oxidation sites excluding steroid dienone is 2. The fraction of sp³-hybridized carbons (Fsp3) is 0.429. The van der Waals surface area contributed by atoms with E-state index in [-0.39, 0.29) is 42.6 Å². The number of primary amides is 1. The number of aromatic hydroxyl groups is 1. The zero-order valence-corrected chi connectivity index (χ0v) is 21.8. The number of hydrogen-bond acceptors (Lipinski definition) is 10. The van der Waals surface area contributed by atoms with Gasteiger partial charge in [0.15, 0.2) is 11.4 Å². The Kier molecular flexibility index (Phi) is 7.19. The van der Waals surface area contributed by atoms with Crippen LogP contribution in [0.25, 0.3) is 0 Å². The number of benzene rings is 1. The molecule has 0 aliphatic heterocycles. The average Bonchev–Trinajstić information content (AvgIpc) is 2.85. The molecule has 0 heterocycles. The average molecular weight is 539 g/mol. The molecule has 1 aromatic carbocycles. The molecular formula is C28H30N2O9. The van der Waals surface area contributed by atoms with Gasteiger partial charge in [-0.25, -0.2) is 4.79 Å². The van der Waals surface area contributed by atoms with Gasteiger partial charge in [-0.05, 0) is 36.8 Å². The number of unbranched alkanes of at least 4 members (excludes halogenated alkanes) is 1. The summed E-state index contributed by atoms with van der Waals surface area (Å²) in [7, 11) is 3.45. The Morgan fingerprint density at radius 3 is 2.51 bits per heavy atom. The molecule has 1 amide bonds. The summed E-state index contributed by atoms with van der Waals surface area (Å²) in [6.45, 7) is 2.14. The second-order valence-electron chi connectivity index (χ2n) is 10.2. The fourth-order valence-electron chi connectivity index (χ4n) is 5.63. The van der Waals surface area contributed by atoms with Crippen LogP contribution in [0.5, 0.6) is 5.75 Å². The lowest BCUT2D eigenvalue weighted by atomic mass is 9.60. The fourth-order valence-corrected chi connectivity index (χ4v) is 5.63. The Balaban J connectivity index is 1.84. The number of fused-ring (bicyclic) bond motifs is 3. The largest absolute Gasteiger partial charge is 0.511 e. The first-order valence-corrected chi connectivity index (χ1v) is 12.6. The van der Waals surface area contributed by atoms with Gasteiger partial charge in [-0.1, -0.05) is 19.3 Å². The van der Waals surface area contributed by atoms with E-state index < -0.39 is 63.7 Å². The van der Waals surface area contributed by atoms with Gasteiger partial charge in [0, 0.05) is 43.6 Å². The van der Waals surface area contributed by atoms with Gasteiger partial charge in [0.25, 0.3) is 5.91 Å². The van der Waals surface area contributed by atoms with Crippen molar-refractivity contribution < 1.29 is 44.3 Å². The molecule has 206 valence electrons. The first-order chi connectivity index (χ1) is 18.3. The summed E-state index contributed by atoms with van der Waals surface area (Å²) in [5.41, 5.74) is 2.27. The highest BCUT2D eigenvalue weighted by molar-refractivity contribution is 6.24. The number of phenols is 1. The van der Waals surface area contributed by atoms with Crippen LogP contribution in [0.1, 0.15) is 54.1 Å². The number of nitrogens with two attached hydrogens (primary N) is 1. The number of anilines is 1. The van der Waals surface area contributed by atoms with E-state index in [9.17, 15) is 39.6 Å².